The smallest absolute Gasteiger partial charge is 0.330 e. The number of esters is 2. The van der Waals surface area contributed by atoms with Gasteiger partial charge in [-0.05, 0) is 88.0 Å². The number of likely N-dealkylation sites (tertiary alicyclic amines) is 1. The summed E-state index contributed by atoms with van der Waals surface area (Å²) in [7, 11) is 0. The van der Waals surface area contributed by atoms with Crippen LogP contribution in [0.25, 0.3) is 0 Å². The minimum absolute atomic E-state index is 0.0274. The molecular formula is C46H68N4O9. The van der Waals surface area contributed by atoms with Gasteiger partial charge in [0.05, 0.1) is 19.1 Å². The fourth-order valence-corrected chi connectivity index (χ4v) is 9.00. The minimum Gasteiger partial charge on any atom is -0.463 e. The Hall–Kier alpha value is -4.55. The zero-order valence-electron chi connectivity index (χ0n) is 35.5. The lowest BCUT2D eigenvalue weighted by atomic mass is 9.76. The molecule has 1 heterocycles. The molecule has 0 spiro atoms. The van der Waals surface area contributed by atoms with Crippen molar-refractivity contribution in [3.8, 4) is 0 Å². The first-order valence-electron chi connectivity index (χ1n) is 22.1. The van der Waals surface area contributed by atoms with E-state index in [1.165, 1.54) is 6.08 Å². The van der Waals surface area contributed by atoms with Crippen LogP contribution < -0.4 is 16.4 Å². The average molecular weight is 821 g/mol. The topological polar surface area (TPSA) is 191 Å². The molecule has 3 fully saturated rings. The van der Waals surface area contributed by atoms with Crippen molar-refractivity contribution in [1.82, 2.24) is 15.5 Å². The van der Waals surface area contributed by atoms with Gasteiger partial charge in [-0.3, -0.25) is 28.8 Å². The molecule has 0 aromatic heterocycles. The number of nitrogens with two attached hydrogens (primary N) is 1. The maximum absolute atomic E-state index is 14.6. The van der Waals surface area contributed by atoms with Crippen LogP contribution in [0.3, 0.4) is 0 Å². The SMILES string of the molecule is CCOC(=O)/C=C/CC[C@H](CC(=O)OCc1ccccc1)C(=O)N[C@H](C(=O)N1CCC[C@H]1C(=O)N[C@@H](CC(C)C)C(=O)C[C@H](C(N)=O)C1CCCCC1)C1CCCCC1. The molecule has 5 atom stereocenters. The summed E-state index contributed by atoms with van der Waals surface area (Å²) in [5.41, 5.74) is 6.63. The van der Waals surface area contributed by atoms with Crippen LogP contribution in [0.5, 0.6) is 0 Å². The molecule has 1 aromatic rings. The second-order valence-electron chi connectivity index (χ2n) is 17.1. The van der Waals surface area contributed by atoms with Crippen LogP contribution in [-0.4, -0.2) is 77.5 Å². The predicted octanol–water partition coefficient (Wildman–Crippen LogP) is 5.86. The van der Waals surface area contributed by atoms with Crippen LogP contribution in [-0.2, 0) is 49.6 Å². The molecule has 1 aromatic carbocycles. The Morgan fingerprint density at radius 2 is 1.49 bits per heavy atom. The van der Waals surface area contributed by atoms with Gasteiger partial charge in [0.25, 0.3) is 0 Å². The number of allylic oxidation sites excluding steroid dienone is 1. The Kier molecular flexibility index (Phi) is 19.6. The van der Waals surface area contributed by atoms with E-state index in [-0.39, 0.29) is 61.9 Å². The monoisotopic (exact) mass is 820 g/mol. The number of amides is 4. The lowest BCUT2D eigenvalue weighted by Crippen LogP contribution is -2.58. The Morgan fingerprint density at radius 3 is 2.12 bits per heavy atom. The Balaban J connectivity index is 1.50. The van der Waals surface area contributed by atoms with Gasteiger partial charge in [0.1, 0.15) is 18.7 Å². The third-order valence-electron chi connectivity index (χ3n) is 12.2. The summed E-state index contributed by atoms with van der Waals surface area (Å²) in [5, 5.41) is 6.01. The molecule has 2 saturated carbocycles. The van der Waals surface area contributed by atoms with E-state index in [1.54, 1.807) is 17.9 Å². The summed E-state index contributed by atoms with van der Waals surface area (Å²) < 4.78 is 10.5. The van der Waals surface area contributed by atoms with Crippen LogP contribution in [0.1, 0.15) is 135 Å². The number of rotatable bonds is 22. The first kappa shape index (κ1) is 47.1. The van der Waals surface area contributed by atoms with Crippen molar-refractivity contribution in [1.29, 1.82) is 0 Å². The van der Waals surface area contributed by atoms with Crippen molar-refractivity contribution in [2.75, 3.05) is 13.2 Å². The highest BCUT2D eigenvalue weighted by Crippen LogP contribution is 2.33. The first-order valence-corrected chi connectivity index (χ1v) is 22.1. The largest absolute Gasteiger partial charge is 0.463 e. The number of nitrogens with one attached hydrogen (secondary N) is 2. The number of Topliss-reactive ketones (excluding diaryl/α,β-unsaturated/α-hetero) is 1. The van der Waals surface area contributed by atoms with Gasteiger partial charge in [0.2, 0.25) is 23.6 Å². The number of ketones is 1. The average Bonchev–Trinajstić information content (AvgIpc) is 3.73. The van der Waals surface area contributed by atoms with Crippen molar-refractivity contribution < 1.29 is 43.0 Å². The number of benzene rings is 1. The second kappa shape index (κ2) is 24.5. The summed E-state index contributed by atoms with van der Waals surface area (Å²) in [6.07, 6.45) is 13.6. The lowest BCUT2D eigenvalue weighted by Gasteiger charge is -2.35. The highest BCUT2D eigenvalue weighted by molar-refractivity contribution is 5.96. The summed E-state index contributed by atoms with van der Waals surface area (Å²) in [4.78, 5) is 95.9. The van der Waals surface area contributed by atoms with Crippen LogP contribution in [0.4, 0.5) is 0 Å². The lowest BCUT2D eigenvalue weighted by molar-refractivity contribution is -0.149. The molecule has 2 aliphatic carbocycles. The van der Waals surface area contributed by atoms with Crippen LogP contribution in [0.2, 0.25) is 0 Å². The third-order valence-corrected chi connectivity index (χ3v) is 12.2. The molecular weight excluding hydrogens is 753 g/mol. The fourth-order valence-electron chi connectivity index (χ4n) is 9.00. The zero-order chi connectivity index (χ0) is 42.7. The van der Waals surface area contributed by atoms with E-state index >= 15 is 0 Å². The number of ether oxygens (including phenoxy) is 2. The quantitative estimate of drug-likeness (QED) is 0.0950. The van der Waals surface area contributed by atoms with Gasteiger partial charge < -0.3 is 30.7 Å². The molecule has 0 bridgehead atoms. The molecule has 13 heteroatoms. The number of hydrogen-bond acceptors (Lipinski definition) is 9. The van der Waals surface area contributed by atoms with E-state index in [0.717, 1.165) is 69.8 Å². The van der Waals surface area contributed by atoms with Crippen molar-refractivity contribution in [2.45, 2.75) is 155 Å². The maximum atomic E-state index is 14.6. The van der Waals surface area contributed by atoms with Crippen molar-refractivity contribution >= 4 is 41.4 Å². The van der Waals surface area contributed by atoms with E-state index in [1.807, 2.05) is 44.2 Å². The third kappa shape index (κ3) is 15.2. The molecule has 13 nitrogen and oxygen atoms in total. The van der Waals surface area contributed by atoms with Crippen LogP contribution in [0.15, 0.2) is 42.5 Å². The first-order chi connectivity index (χ1) is 28.4. The predicted molar refractivity (Wildman–Crippen MR) is 223 cm³/mol. The number of carbonyl (C=O) groups is 7. The van der Waals surface area contributed by atoms with E-state index < -0.39 is 59.6 Å². The van der Waals surface area contributed by atoms with Gasteiger partial charge in [-0.1, -0.05) is 88.8 Å². The summed E-state index contributed by atoms with van der Waals surface area (Å²) in [5.74, 6) is -4.51. The molecule has 1 aliphatic heterocycles. The van der Waals surface area contributed by atoms with Crippen molar-refractivity contribution in [3.63, 3.8) is 0 Å². The van der Waals surface area contributed by atoms with E-state index in [4.69, 9.17) is 15.2 Å². The highest BCUT2D eigenvalue weighted by atomic mass is 16.5. The second-order valence-corrected chi connectivity index (χ2v) is 17.1. The summed E-state index contributed by atoms with van der Waals surface area (Å²) in [6, 6.07) is 6.63. The number of carbonyl (C=O) groups excluding carboxylic acids is 7. The van der Waals surface area contributed by atoms with Crippen molar-refractivity contribution in [3.05, 3.63) is 48.0 Å². The molecule has 326 valence electrons. The molecule has 1 saturated heterocycles. The molecule has 0 radical (unpaired) electrons. The van der Waals surface area contributed by atoms with E-state index in [0.29, 0.717) is 32.2 Å². The number of hydrogen-bond donors (Lipinski definition) is 3. The number of nitrogens with zero attached hydrogens (tertiary/aromatic N) is 1. The Morgan fingerprint density at radius 1 is 0.831 bits per heavy atom. The molecule has 4 rings (SSSR count). The van der Waals surface area contributed by atoms with Gasteiger partial charge >= 0.3 is 11.9 Å². The maximum Gasteiger partial charge on any atom is 0.330 e. The molecule has 0 unspecified atom stereocenters. The van der Waals surface area contributed by atoms with Gasteiger partial charge in [0.15, 0.2) is 5.78 Å². The highest BCUT2D eigenvalue weighted by Gasteiger charge is 2.42. The van der Waals surface area contributed by atoms with Crippen LogP contribution >= 0.6 is 0 Å². The van der Waals surface area contributed by atoms with Crippen molar-refractivity contribution in [2.24, 2.45) is 35.3 Å². The van der Waals surface area contributed by atoms with E-state index in [9.17, 15) is 33.6 Å². The number of primary amides is 1. The molecule has 4 amide bonds. The zero-order valence-corrected chi connectivity index (χ0v) is 35.5. The Bertz CT molecular complexity index is 1590. The van der Waals surface area contributed by atoms with Gasteiger partial charge in [-0.15, -0.1) is 0 Å². The standard InChI is InChI=1S/C46H68N4O9/c1-4-58-40(52)25-15-14-23-35(28-41(53)59-30-32-17-8-5-9-18-32)44(55)49-42(34-21-12-7-13-22-34)46(57)50-26-16-24-38(50)45(56)48-37(27-31(2)3)39(51)29-36(43(47)54)33-19-10-6-11-20-33/h5,8-9,15,17-18,25,31,33-38,42H,4,6-7,10-14,16,19-24,26-30H2,1-3H3,(H2,47,54)(H,48,56)(H,49,55)/b25-15+/t35-,36+,37+,38+,42+/m1/s1. The minimum atomic E-state index is -0.922. The summed E-state index contributed by atoms with van der Waals surface area (Å²) in [6.45, 7) is 6.24. The normalized spacial score (nSPS) is 19.7. The van der Waals surface area contributed by atoms with Gasteiger partial charge in [0, 0.05) is 30.9 Å². The molecule has 4 N–H and O–H groups in total. The van der Waals surface area contributed by atoms with Gasteiger partial charge in [-0.25, -0.2) is 4.79 Å². The van der Waals surface area contributed by atoms with Crippen LogP contribution in [0, 0.1) is 29.6 Å². The summed E-state index contributed by atoms with van der Waals surface area (Å²) >= 11 is 0. The fraction of sp³-hybridized carbons (Fsp3) is 0.674. The Labute approximate surface area is 350 Å². The molecule has 3 aliphatic rings. The molecule has 59 heavy (non-hydrogen) atoms. The van der Waals surface area contributed by atoms with Gasteiger partial charge in [-0.2, -0.15) is 0 Å². The van der Waals surface area contributed by atoms with E-state index in [2.05, 4.69) is 10.6 Å².